The van der Waals surface area contributed by atoms with E-state index in [0.717, 1.165) is 42.7 Å². The van der Waals surface area contributed by atoms with Crippen LogP contribution >= 0.6 is 0 Å². The first-order chi connectivity index (χ1) is 11.6. The molecule has 0 bridgehead atoms. The third kappa shape index (κ3) is 3.86. The van der Waals surface area contributed by atoms with Crippen molar-refractivity contribution < 1.29 is 18.3 Å². The van der Waals surface area contributed by atoms with Crippen LogP contribution in [0.5, 0.6) is 0 Å². The van der Waals surface area contributed by atoms with E-state index in [2.05, 4.69) is 15.2 Å². The first-order valence-electron chi connectivity index (χ1n) is 7.64. The average molecular weight is 333 g/mol. The number of rotatable bonds is 4. The lowest BCUT2D eigenvalue weighted by Gasteiger charge is -2.29. The number of aromatic nitrogens is 1. The first kappa shape index (κ1) is 16.3. The molecule has 0 atom stereocenters. The number of hydrogen-bond donors (Lipinski definition) is 1. The summed E-state index contributed by atoms with van der Waals surface area (Å²) in [6, 6.07) is 6.39. The van der Waals surface area contributed by atoms with Crippen LogP contribution in [-0.2, 0) is 11.3 Å². The molecule has 0 aliphatic carbocycles. The predicted molar refractivity (Wildman–Crippen MR) is 84.8 cm³/mol. The van der Waals surface area contributed by atoms with Crippen LogP contribution in [0.25, 0.3) is 0 Å². The molecule has 0 radical (unpaired) electrons. The van der Waals surface area contributed by atoms with Gasteiger partial charge in [-0.05, 0) is 18.2 Å². The molecule has 126 valence electrons. The van der Waals surface area contributed by atoms with Crippen molar-refractivity contribution in [3.63, 3.8) is 0 Å². The van der Waals surface area contributed by atoms with E-state index in [1.807, 2.05) is 6.07 Å². The molecule has 1 fully saturated rings. The lowest BCUT2D eigenvalue weighted by Crippen LogP contribution is -2.37. The van der Waals surface area contributed by atoms with E-state index in [4.69, 9.17) is 4.74 Å². The number of hydrogen-bond acceptors (Lipinski definition) is 4. The number of amides is 1. The van der Waals surface area contributed by atoms with E-state index < -0.39 is 17.5 Å². The van der Waals surface area contributed by atoms with Gasteiger partial charge in [0.1, 0.15) is 17.5 Å². The van der Waals surface area contributed by atoms with Crippen molar-refractivity contribution >= 4 is 11.7 Å². The monoisotopic (exact) mass is 333 g/mol. The van der Waals surface area contributed by atoms with Crippen LogP contribution in [0.1, 0.15) is 15.9 Å². The van der Waals surface area contributed by atoms with Crippen molar-refractivity contribution in [3.05, 3.63) is 59.3 Å². The number of halogens is 2. The summed E-state index contributed by atoms with van der Waals surface area (Å²) in [4.78, 5) is 18.6. The van der Waals surface area contributed by atoms with Crippen molar-refractivity contribution in [1.82, 2.24) is 10.3 Å². The second-order valence-corrected chi connectivity index (χ2v) is 5.43. The maximum Gasteiger partial charge on any atom is 0.251 e. The minimum absolute atomic E-state index is 0.0516. The maximum absolute atomic E-state index is 13.2. The first-order valence-corrected chi connectivity index (χ1v) is 7.64. The molecule has 1 aliphatic rings. The number of anilines is 1. The Balaban J connectivity index is 1.71. The maximum atomic E-state index is 13.2. The molecule has 5 nitrogen and oxygen atoms in total. The van der Waals surface area contributed by atoms with Crippen LogP contribution in [0.3, 0.4) is 0 Å². The molecule has 1 aliphatic heterocycles. The highest BCUT2D eigenvalue weighted by Crippen LogP contribution is 2.18. The zero-order chi connectivity index (χ0) is 16.9. The second kappa shape index (κ2) is 7.35. The van der Waals surface area contributed by atoms with E-state index in [-0.39, 0.29) is 12.1 Å². The zero-order valence-electron chi connectivity index (χ0n) is 13.0. The van der Waals surface area contributed by atoms with Crippen molar-refractivity contribution in [1.29, 1.82) is 0 Å². The van der Waals surface area contributed by atoms with Crippen LogP contribution in [0.15, 0.2) is 36.5 Å². The highest BCUT2D eigenvalue weighted by atomic mass is 19.1. The summed E-state index contributed by atoms with van der Waals surface area (Å²) >= 11 is 0. The molecule has 1 aromatic heterocycles. The van der Waals surface area contributed by atoms with E-state index in [0.29, 0.717) is 13.2 Å². The molecule has 2 heterocycles. The fourth-order valence-electron chi connectivity index (χ4n) is 2.59. The molecule has 0 saturated carbocycles. The fourth-order valence-corrected chi connectivity index (χ4v) is 2.59. The van der Waals surface area contributed by atoms with Gasteiger partial charge in [-0.2, -0.15) is 0 Å². The van der Waals surface area contributed by atoms with Crippen molar-refractivity contribution in [2.45, 2.75) is 6.54 Å². The molecule has 1 saturated heterocycles. The fraction of sp³-hybridized carbons (Fsp3) is 0.294. The molecule has 7 heteroatoms. The second-order valence-electron chi connectivity index (χ2n) is 5.43. The van der Waals surface area contributed by atoms with Gasteiger partial charge in [-0.1, -0.05) is 6.07 Å². The standard InChI is InChI=1S/C17H17F2N3O2/c18-14-8-13(9-15(19)10-14)17(23)21-11-12-2-1-3-20-16(12)22-4-6-24-7-5-22/h1-3,8-10H,4-7,11H2,(H,21,23). The van der Waals surface area contributed by atoms with Gasteiger partial charge in [0.2, 0.25) is 0 Å². The highest BCUT2D eigenvalue weighted by molar-refractivity contribution is 5.94. The number of benzene rings is 1. The number of pyridine rings is 1. The summed E-state index contributed by atoms with van der Waals surface area (Å²) in [7, 11) is 0. The molecular formula is C17H17F2N3O2. The molecule has 24 heavy (non-hydrogen) atoms. The van der Waals surface area contributed by atoms with Crippen molar-refractivity contribution in [2.24, 2.45) is 0 Å². The van der Waals surface area contributed by atoms with E-state index in [1.54, 1.807) is 12.3 Å². The van der Waals surface area contributed by atoms with Gasteiger partial charge in [-0.15, -0.1) is 0 Å². The van der Waals surface area contributed by atoms with Crippen LogP contribution in [0, 0.1) is 11.6 Å². The lowest BCUT2D eigenvalue weighted by atomic mass is 10.2. The Labute approximate surface area is 138 Å². The Morgan fingerprint density at radius 2 is 1.92 bits per heavy atom. The molecule has 1 N–H and O–H groups in total. The zero-order valence-corrected chi connectivity index (χ0v) is 13.0. The third-order valence-corrected chi connectivity index (χ3v) is 3.74. The van der Waals surface area contributed by atoms with Crippen molar-refractivity contribution in [2.75, 3.05) is 31.2 Å². The summed E-state index contributed by atoms with van der Waals surface area (Å²) in [5.74, 6) is -1.32. The Morgan fingerprint density at radius 1 is 1.21 bits per heavy atom. The molecular weight excluding hydrogens is 316 g/mol. The summed E-state index contributed by atoms with van der Waals surface area (Å²) in [5.41, 5.74) is 0.786. The van der Waals surface area contributed by atoms with Gasteiger partial charge in [0.05, 0.1) is 13.2 Å². The smallest absolute Gasteiger partial charge is 0.251 e. The topological polar surface area (TPSA) is 54.5 Å². The molecule has 1 amide bonds. The molecule has 0 unspecified atom stereocenters. The number of carbonyl (C=O) groups excluding carboxylic acids is 1. The van der Waals surface area contributed by atoms with Gasteiger partial charge in [0, 0.05) is 43.0 Å². The van der Waals surface area contributed by atoms with Gasteiger partial charge in [0.25, 0.3) is 5.91 Å². The van der Waals surface area contributed by atoms with E-state index in [1.165, 1.54) is 0 Å². The summed E-state index contributed by atoms with van der Waals surface area (Å²) in [6.07, 6.45) is 1.69. The minimum Gasteiger partial charge on any atom is -0.378 e. The largest absolute Gasteiger partial charge is 0.378 e. The Morgan fingerprint density at radius 3 is 2.62 bits per heavy atom. The van der Waals surface area contributed by atoms with Gasteiger partial charge < -0.3 is 15.0 Å². The number of nitrogens with one attached hydrogen (secondary N) is 1. The van der Waals surface area contributed by atoms with Crippen LogP contribution < -0.4 is 10.2 Å². The lowest BCUT2D eigenvalue weighted by molar-refractivity contribution is 0.0949. The number of carbonyl (C=O) groups is 1. The Bertz CT molecular complexity index is 713. The SMILES string of the molecule is O=C(NCc1cccnc1N1CCOCC1)c1cc(F)cc(F)c1. The molecule has 1 aromatic carbocycles. The molecule has 3 rings (SSSR count). The van der Waals surface area contributed by atoms with Gasteiger partial charge in [0.15, 0.2) is 0 Å². The van der Waals surface area contributed by atoms with Gasteiger partial charge in [-0.3, -0.25) is 4.79 Å². The average Bonchev–Trinajstić information content (AvgIpc) is 2.60. The Kier molecular flexibility index (Phi) is 5.00. The predicted octanol–water partition coefficient (Wildman–Crippen LogP) is 2.13. The number of ether oxygens (including phenoxy) is 1. The van der Waals surface area contributed by atoms with Crippen LogP contribution in [0.4, 0.5) is 14.6 Å². The Hall–Kier alpha value is -2.54. The quantitative estimate of drug-likeness (QED) is 0.931. The van der Waals surface area contributed by atoms with Gasteiger partial charge in [-0.25, -0.2) is 13.8 Å². The van der Waals surface area contributed by atoms with Gasteiger partial charge >= 0.3 is 0 Å². The van der Waals surface area contributed by atoms with Crippen molar-refractivity contribution in [3.8, 4) is 0 Å². The summed E-state index contributed by atoms with van der Waals surface area (Å²) in [6.45, 7) is 2.94. The van der Waals surface area contributed by atoms with E-state index in [9.17, 15) is 13.6 Å². The number of morpholine rings is 1. The van der Waals surface area contributed by atoms with Crippen LogP contribution in [-0.4, -0.2) is 37.2 Å². The molecule has 2 aromatic rings. The van der Waals surface area contributed by atoms with Crippen LogP contribution in [0.2, 0.25) is 0 Å². The molecule has 0 spiro atoms. The van der Waals surface area contributed by atoms with E-state index >= 15 is 0 Å². The number of nitrogens with zero attached hydrogens (tertiary/aromatic N) is 2. The summed E-state index contributed by atoms with van der Waals surface area (Å²) in [5, 5.41) is 2.68. The minimum atomic E-state index is -0.782. The normalized spacial score (nSPS) is 14.5. The highest BCUT2D eigenvalue weighted by Gasteiger charge is 2.16. The third-order valence-electron chi connectivity index (χ3n) is 3.74. The summed E-state index contributed by atoms with van der Waals surface area (Å²) < 4.78 is 31.7.